The summed E-state index contributed by atoms with van der Waals surface area (Å²) in [5.74, 6) is -1.84. The first-order valence-electron chi connectivity index (χ1n) is 23.7. The molecule has 1 heterocycles. The maximum atomic E-state index is 15.6. The van der Waals surface area contributed by atoms with Crippen molar-refractivity contribution in [3.05, 3.63) is 117 Å². The summed E-state index contributed by atoms with van der Waals surface area (Å²) in [5, 5.41) is 21.0. The lowest BCUT2D eigenvalue weighted by atomic mass is 9.47. The van der Waals surface area contributed by atoms with Gasteiger partial charge in [0.2, 0.25) is 6.41 Å². The highest BCUT2D eigenvalue weighted by atomic mass is 35.5. The Kier molecular flexibility index (Phi) is 23.0. The third-order valence-electron chi connectivity index (χ3n) is 13.5. The maximum Gasteiger partial charge on any atom is 0.509 e. The molecule has 3 aromatic rings. The summed E-state index contributed by atoms with van der Waals surface area (Å²) < 4.78 is 40.2. The van der Waals surface area contributed by atoms with Gasteiger partial charge in [0.1, 0.15) is 25.4 Å². The number of carbonyl (C=O) groups excluding carboxylic acids is 5. The number of fused-ring (bicyclic) bond motifs is 5. The highest BCUT2D eigenvalue weighted by Crippen LogP contribution is 2.62. The number of nitrogens with two attached hydrogens (primary N) is 1. The number of benzene rings is 3. The summed E-state index contributed by atoms with van der Waals surface area (Å²) in [6.45, 7) is 17.1. The Hall–Kier alpha value is -5.03. The number of aliphatic hydroxyl groups excluding tert-OH is 1. The molecule has 15 nitrogen and oxygen atoms in total. The molecule has 8 atom stereocenters. The normalized spacial score (nSPS) is 25.6. The summed E-state index contributed by atoms with van der Waals surface area (Å²) in [4.78, 5) is 64.7. The number of hydrogen-bond donors (Lipinski definition) is 3. The second kappa shape index (κ2) is 27.1. The molecule has 3 fully saturated rings. The Bertz CT molecular complexity index is 2270. The third-order valence-corrected chi connectivity index (χ3v) is 14.0. The quantitative estimate of drug-likeness (QED) is 0.0746. The fraction of sp³-hybridized carbons (Fsp3) is 0.537. The molecule has 7 rings (SSSR count). The van der Waals surface area contributed by atoms with Crippen LogP contribution >= 0.6 is 23.2 Å². The second-order valence-electron chi connectivity index (χ2n) is 19.0. The smallest absolute Gasteiger partial charge is 0.458 e. The number of aliphatic hydroxyl groups is 2. The van der Waals surface area contributed by atoms with Crippen LogP contribution in [0.15, 0.2) is 90.0 Å². The van der Waals surface area contributed by atoms with Crippen molar-refractivity contribution in [3.63, 3.8) is 0 Å². The van der Waals surface area contributed by atoms with E-state index in [1.807, 2.05) is 78.8 Å². The third kappa shape index (κ3) is 15.5. The zero-order chi connectivity index (χ0) is 53.3. The van der Waals surface area contributed by atoms with E-state index < -0.39 is 64.7 Å². The molecular formula is C54H73Cl2NO14. The van der Waals surface area contributed by atoms with Crippen LogP contribution in [0.5, 0.6) is 0 Å². The lowest BCUT2D eigenvalue weighted by Crippen LogP contribution is -2.69. The fourth-order valence-corrected chi connectivity index (χ4v) is 9.85. The van der Waals surface area contributed by atoms with E-state index in [2.05, 4.69) is 5.73 Å². The number of hydrogen-bond acceptors (Lipinski definition) is 14. The van der Waals surface area contributed by atoms with Gasteiger partial charge in [-0.2, -0.15) is 0 Å². The highest BCUT2D eigenvalue weighted by Gasteiger charge is 2.69. The van der Waals surface area contributed by atoms with Crippen LogP contribution in [0.3, 0.4) is 0 Å². The first-order valence-corrected chi connectivity index (χ1v) is 24.5. The lowest BCUT2D eigenvalue weighted by molar-refractivity contribution is -0.245. The van der Waals surface area contributed by atoms with Crippen molar-refractivity contribution in [2.45, 2.75) is 143 Å². The molecule has 17 heteroatoms. The number of halogens is 2. The molecule has 4 aliphatic rings. The molecule has 1 amide bonds. The second-order valence-corrected chi connectivity index (χ2v) is 19.9. The monoisotopic (exact) mass is 1030 g/mol. The van der Waals surface area contributed by atoms with Crippen LogP contribution in [0, 0.1) is 22.7 Å². The molecule has 0 aromatic heterocycles. The van der Waals surface area contributed by atoms with Gasteiger partial charge < -0.3 is 49.1 Å². The van der Waals surface area contributed by atoms with Crippen LogP contribution in [0.25, 0.3) is 0 Å². The molecule has 2 saturated carbocycles. The van der Waals surface area contributed by atoms with E-state index in [-0.39, 0.29) is 62.9 Å². The molecule has 4 N–H and O–H groups in total. The van der Waals surface area contributed by atoms with Crippen molar-refractivity contribution in [2.75, 3.05) is 20.8 Å². The van der Waals surface area contributed by atoms with Crippen molar-refractivity contribution in [1.29, 1.82) is 0 Å². The molecular weight excluding hydrogens is 957 g/mol. The first kappa shape index (κ1) is 60.3. The average Bonchev–Trinajstić information content (AvgIpc) is 3.32. The number of ketones is 1. The minimum atomic E-state index is -1.63. The van der Waals surface area contributed by atoms with E-state index in [0.29, 0.717) is 45.3 Å². The average molecular weight is 1030 g/mol. The van der Waals surface area contributed by atoms with E-state index in [9.17, 15) is 19.5 Å². The number of Topliss-reactive ketones (excluding diaryl/α,β-unsaturated/α-hetero) is 1. The van der Waals surface area contributed by atoms with Crippen molar-refractivity contribution in [3.8, 4) is 0 Å². The van der Waals surface area contributed by atoms with Crippen molar-refractivity contribution >= 4 is 53.7 Å². The van der Waals surface area contributed by atoms with Gasteiger partial charge in [-0.05, 0) is 105 Å². The number of methoxy groups -OCH3 is 1. The van der Waals surface area contributed by atoms with Gasteiger partial charge in [0.05, 0.1) is 29.3 Å². The molecule has 0 spiro atoms. The van der Waals surface area contributed by atoms with Crippen LogP contribution in [-0.4, -0.2) is 97.1 Å². The number of rotatable bonds is 10. The maximum absolute atomic E-state index is 15.6. The van der Waals surface area contributed by atoms with Crippen LogP contribution in [0.2, 0.25) is 10.0 Å². The van der Waals surface area contributed by atoms with Crippen molar-refractivity contribution in [1.82, 2.24) is 0 Å². The number of aryl methyl sites for hydroxylation is 1. The largest absolute Gasteiger partial charge is 0.509 e. The number of carbonyl (C=O) groups is 5. The number of amides is 1. The van der Waals surface area contributed by atoms with E-state index in [1.165, 1.54) is 0 Å². The number of esters is 1. The Balaban J connectivity index is 0.000000923. The molecule has 71 heavy (non-hydrogen) atoms. The van der Waals surface area contributed by atoms with Crippen LogP contribution in [-0.2, 0) is 67.2 Å². The SMILES string of the molecule is CC.CC1=C2C(OC(=O)OCc3cccc(Cl)c3)C(=O)C3(C)C(OC(=O)OCc4cccc(Cl)c4)CC4OCC4C3CC(O)(C[C@@H]1OC(=O)CCc1ccccc1)C2(C)C.CO.COC(C)(C)C.NC=O. The molecule has 0 radical (unpaired) electrons. The molecule has 1 aliphatic heterocycles. The highest BCUT2D eigenvalue weighted by molar-refractivity contribution is 6.30. The summed E-state index contributed by atoms with van der Waals surface area (Å²) in [7, 11) is 2.71. The molecule has 3 aromatic carbocycles. The van der Waals surface area contributed by atoms with Crippen LogP contribution in [0.1, 0.15) is 105 Å². The predicted octanol–water partition coefficient (Wildman–Crippen LogP) is 9.94. The van der Waals surface area contributed by atoms with Gasteiger partial charge in [0, 0.05) is 54.9 Å². The summed E-state index contributed by atoms with van der Waals surface area (Å²) >= 11 is 12.3. The fourth-order valence-electron chi connectivity index (χ4n) is 9.43. The van der Waals surface area contributed by atoms with E-state index in [4.69, 9.17) is 66.3 Å². The molecule has 392 valence electrons. The van der Waals surface area contributed by atoms with Crippen LogP contribution < -0.4 is 5.73 Å². The number of primary amides is 1. The predicted molar refractivity (Wildman–Crippen MR) is 269 cm³/mol. The van der Waals surface area contributed by atoms with Gasteiger partial charge in [-0.15, -0.1) is 0 Å². The number of ether oxygens (including phenoxy) is 7. The summed E-state index contributed by atoms with van der Waals surface area (Å²) in [6, 6.07) is 23.2. The van der Waals surface area contributed by atoms with Gasteiger partial charge in [-0.3, -0.25) is 14.4 Å². The van der Waals surface area contributed by atoms with Crippen LogP contribution in [0.4, 0.5) is 9.59 Å². The molecule has 2 bridgehead atoms. The van der Waals surface area contributed by atoms with E-state index >= 15 is 4.79 Å². The minimum Gasteiger partial charge on any atom is -0.458 e. The Labute approximate surface area is 428 Å². The first-order chi connectivity index (χ1) is 33.6. The van der Waals surface area contributed by atoms with Gasteiger partial charge >= 0.3 is 18.3 Å². The standard InChI is InChI=1S/C45H48Cl2O11.C5H12O.C2H6.CH3NO.CH4O/c1-26-35(56-37(48)17-16-27-10-6-5-7-11-27)22-45(52)21-33-32-25-53-34(32)20-36(57-41(50)54-23-28-12-8-14-30(46)18-28)44(33,4)40(49)39(38(26)43(45,2)3)58-42(51)55-24-29-13-9-15-31(47)19-29;1-5(2,3)6-4;1-2;2-1-3;1-2/h5-15,18-19,32-36,39,52H,16-17,20-25H2,1-4H3;1-4H3;1-2H3;1H,(H2,2,3);2H,1H3/t32?,33?,34?,35-,36?,39?,44?,45?;;;;/m0..../s1. The van der Waals surface area contributed by atoms with Gasteiger partial charge in [-0.1, -0.05) is 105 Å². The van der Waals surface area contributed by atoms with Crippen molar-refractivity contribution in [2.24, 2.45) is 28.4 Å². The summed E-state index contributed by atoms with van der Waals surface area (Å²) in [5.41, 5.74) is 2.90. The minimum absolute atomic E-state index is 0.0184. The Morgan fingerprint density at radius 3 is 1.82 bits per heavy atom. The van der Waals surface area contributed by atoms with Gasteiger partial charge in [0.15, 0.2) is 11.9 Å². The Morgan fingerprint density at radius 1 is 0.831 bits per heavy atom. The van der Waals surface area contributed by atoms with Gasteiger partial charge in [-0.25, -0.2) is 9.59 Å². The topological polar surface area (TPSA) is 216 Å². The van der Waals surface area contributed by atoms with E-state index in [0.717, 1.165) is 12.7 Å². The van der Waals surface area contributed by atoms with Gasteiger partial charge in [0.25, 0.3) is 0 Å². The summed E-state index contributed by atoms with van der Waals surface area (Å²) in [6.07, 6.45) is -5.13. The lowest BCUT2D eigenvalue weighted by Gasteiger charge is -2.62. The molecule has 3 aliphatic carbocycles. The zero-order valence-corrected chi connectivity index (χ0v) is 44.3. The van der Waals surface area contributed by atoms with E-state index in [1.54, 1.807) is 69.5 Å². The molecule has 7 unspecified atom stereocenters. The molecule has 1 saturated heterocycles. The van der Waals surface area contributed by atoms with Crippen molar-refractivity contribution < 1.29 is 67.3 Å². The Morgan fingerprint density at radius 2 is 1.34 bits per heavy atom. The zero-order valence-electron chi connectivity index (χ0n) is 42.8.